The molecule has 3 nitrogen and oxygen atoms in total. The number of aliphatic hydroxyl groups excluding tert-OH is 1. The van der Waals surface area contributed by atoms with Gasteiger partial charge in [0, 0.05) is 18.7 Å². The highest BCUT2D eigenvalue weighted by Gasteiger charge is 2.18. The quantitative estimate of drug-likeness (QED) is 0.559. The van der Waals surface area contributed by atoms with Crippen molar-refractivity contribution in [2.24, 2.45) is 0 Å². The molecule has 14 heavy (non-hydrogen) atoms. The first-order chi connectivity index (χ1) is 6.68. The van der Waals surface area contributed by atoms with Crippen molar-refractivity contribution in [1.82, 2.24) is 5.32 Å². The molecule has 2 N–H and O–H groups in total. The number of aliphatic hydroxyl groups is 1. The lowest BCUT2D eigenvalue weighted by Crippen LogP contribution is -2.46. The summed E-state index contributed by atoms with van der Waals surface area (Å²) in [5.74, 6) is 0. The van der Waals surface area contributed by atoms with Crippen molar-refractivity contribution in [3.8, 4) is 0 Å². The molecule has 0 radical (unpaired) electrons. The molecular weight excluding hydrogens is 178 g/mol. The van der Waals surface area contributed by atoms with Crippen molar-refractivity contribution in [3.63, 3.8) is 0 Å². The molecule has 0 heterocycles. The number of rotatable bonds is 9. The van der Waals surface area contributed by atoms with Crippen LogP contribution in [0, 0.1) is 0 Å². The molecule has 0 rings (SSSR count). The molecule has 0 amide bonds. The van der Waals surface area contributed by atoms with E-state index in [-0.39, 0.29) is 12.1 Å². The molecule has 0 aliphatic heterocycles. The average molecular weight is 203 g/mol. The van der Waals surface area contributed by atoms with Crippen molar-refractivity contribution in [1.29, 1.82) is 0 Å². The lowest BCUT2D eigenvalue weighted by molar-refractivity contribution is 0.113. The third-order valence-corrected chi connectivity index (χ3v) is 2.57. The van der Waals surface area contributed by atoms with Gasteiger partial charge < -0.3 is 15.2 Å². The Morgan fingerprint density at radius 2 is 2.00 bits per heavy atom. The zero-order valence-corrected chi connectivity index (χ0v) is 9.81. The van der Waals surface area contributed by atoms with Gasteiger partial charge in [0.25, 0.3) is 0 Å². The van der Waals surface area contributed by atoms with Crippen LogP contribution in [0.25, 0.3) is 0 Å². The standard InChI is InChI=1S/C11H25NO2/c1-4-6-8-14-9-7-12-11(3,5-2)10-13/h12-13H,4-10H2,1-3H3. The van der Waals surface area contributed by atoms with E-state index in [9.17, 15) is 0 Å². The maximum absolute atomic E-state index is 9.12. The summed E-state index contributed by atoms with van der Waals surface area (Å²) >= 11 is 0. The van der Waals surface area contributed by atoms with Crippen LogP contribution in [0.4, 0.5) is 0 Å². The fourth-order valence-corrected chi connectivity index (χ4v) is 1.07. The molecular formula is C11H25NO2. The Bertz CT molecular complexity index is 124. The van der Waals surface area contributed by atoms with Gasteiger partial charge in [-0.05, 0) is 19.8 Å². The van der Waals surface area contributed by atoms with Crippen molar-refractivity contribution >= 4 is 0 Å². The maximum atomic E-state index is 9.12. The Hall–Kier alpha value is -0.120. The average Bonchev–Trinajstić information content (AvgIpc) is 2.23. The second-order valence-corrected chi connectivity index (χ2v) is 3.97. The lowest BCUT2D eigenvalue weighted by atomic mass is 10.0. The number of ether oxygens (including phenoxy) is 1. The monoisotopic (exact) mass is 203 g/mol. The van der Waals surface area contributed by atoms with Gasteiger partial charge in [-0.1, -0.05) is 20.3 Å². The first kappa shape index (κ1) is 13.9. The van der Waals surface area contributed by atoms with Crippen molar-refractivity contribution in [3.05, 3.63) is 0 Å². The van der Waals surface area contributed by atoms with Crippen molar-refractivity contribution in [2.75, 3.05) is 26.4 Å². The van der Waals surface area contributed by atoms with E-state index in [1.54, 1.807) is 0 Å². The van der Waals surface area contributed by atoms with E-state index in [1.807, 2.05) is 6.92 Å². The fourth-order valence-electron chi connectivity index (χ4n) is 1.07. The molecule has 0 saturated carbocycles. The fraction of sp³-hybridized carbons (Fsp3) is 1.00. The van der Waals surface area contributed by atoms with Crippen LogP contribution in [-0.4, -0.2) is 37.0 Å². The Morgan fingerprint density at radius 3 is 2.50 bits per heavy atom. The van der Waals surface area contributed by atoms with Gasteiger partial charge >= 0.3 is 0 Å². The van der Waals surface area contributed by atoms with Gasteiger partial charge in [-0.3, -0.25) is 0 Å². The van der Waals surface area contributed by atoms with Crippen LogP contribution in [0.5, 0.6) is 0 Å². The third-order valence-electron chi connectivity index (χ3n) is 2.57. The zero-order valence-electron chi connectivity index (χ0n) is 9.81. The maximum Gasteiger partial charge on any atom is 0.0610 e. The van der Waals surface area contributed by atoms with Crippen LogP contribution in [0.15, 0.2) is 0 Å². The minimum Gasteiger partial charge on any atom is -0.394 e. The van der Waals surface area contributed by atoms with E-state index < -0.39 is 0 Å². The molecule has 3 heteroatoms. The summed E-state index contributed by atoms with van der Waals surface area (Å²) in [7, 11) is 0. The minimum atomic E-state index is -0.145. The van der Waals surface area contributed by atoms with E-state index in [4.69, 9.17) is 9.84 Å². The van der Waals surface area contributed by atoms with Gasteiger partial charge in [0.2, 0.25) is 0 Å². The third kappa shape index (κ3) is 6.35. The van der Waals surface area contributed by atoms with Crippen LogP contribution >= 0.6 is 0 Å². The topological polar surface area (TPSA) is 41.5 Å². The number of hydrogen-bond donors (Lipinski definition) is 2. The van der Waals surface area contributed by atoms with Crippen LogP contribution in [-0.2, 0) is 4.74 Å². The summed E-state index contributed by atoms with van der Waals surface area (Å²) in [5.41, 5.74) is -0.145. The molecule has 86 valence electrons. The molecule has 0 bridgehead atoms. The summed E-state index contributed by atoms with van der Waals surface area (Å²) < 4.78 is 5.41. The highest BCUT2D eigenvalue weighted by molar-refractivity contribution is 4.79. The largest absolute Gasteiger partial charge is 0.394 e. The first-order valence-corrected chi connectivity index (χ1v) is 5.62. The smallest absolute Gasteiger partial charge is 0.0610 e. The Balaban J connectivity index is 3.34. The predicted molar refractivity (Wildman–Crippen MR) is 59.5 cm³/mol. The summed E-state index contributed by atoms with van der Waals surface area (Å²) in [6, 6.07) is 0. The molecule has 1 unspecified atom stereocenters. The minimum absolute atomic E-state index is 0.145. The van der Waals surface area contributed by atoms with Crippen LogP contribution < -0.4 is 5.32 Å². The second-order valence-electron chi connectivity index (χ2n) is 3.97. The number of hydrogen-bond acceptors (Lipinski definition) is 3. The lowest BCUT2D eigenvalue weighted by Gasteiger charge is -2.27. The van der Waals surface area contributed by atoms with Gasteiger partial charge in [-0.15, -0.1) is 0 Å². The van der Waals surface area contributed by atoms with Crippen LogP contribution in [0.1, 0.15) is 40.0 Å². The summed E-state index contributed by atoms with van der Waals surface area (Å²) in [5, 5.41) is 12.4. The van der Waals surface area contributed by atoms with Crippen LogP contribution in [0.2, 0.25) is 0 Å². The zero-order chi connectivity index (χ0) is 10.9. The van der Waals surface area contributed by atoms with E-state index in [0.717, 1.165) is 32.6 Å². The number of unbranched alkanes of at least 4 members (excludes halogenated alkanes) is 1. The Morgan fingerprint density at radius 1 is 1.29 bits per heavy atom. The van der Waals surface area contributed by atoms with Gasteiger partial charge in [0.05, 0.1) is 13.2 Å². The number of nitrogens with one attached hydrogen (secondary N) is 1. The summed E-state index contributed by atoms with van der Waals surface area (Å²) in [6.07, 6.45) is 3.24. The van der Waals surface area contributed by atoms with Crippen LogP contribution in [0.3, 0.4) is 0 Å². The molecule has 1 atom stereocenters. The second kappa shape index (κ2) is 8.21. The Kier molecular flexibility index (Phi) is 8.14. The van der Waals surface area contributed by atoms with Gasteiger partial charge in [-0.2, -0.15) is 0 Å². The Labute approximate surface area is 87.8 Å². The SMILES string of the molecule is CCCCOCCNC(C)(CC)CO. The van der Waals surface area contributed by atoms with Gasteiger partial charge in [-0.25, -0.2) is 0 Å². The molecule has 0 aromatic carbocycles. The molecule has 0 aliphatic rings. The highest BCUT2D eigenvalue weighted by atomic mass is 16.5. The summed E-state index contributed by atoms with van der Waals surface area (Å²) in [6.45, 7) is 8.82. The van der Waals surface area contributed by atoms with E-state index in [2.05, 4.69) is 19.2 Å². The predicted octanol–water partition coefficient (Wildman–Crippen LogP) is 1.55. The van der Waals surface area contributed by atoms with E-state index >= 15 is 0 Å². The molecule has 0 aromatic heterocycles. The molecule has 0 saturated heterocycles. The highest BCUT2D eigenvalue weighted by Crippen LogP contribution is 2.06. The van der Waals surface area contributed by atoms with Crippen molar-refractivity contribution < 1.29 is 9.84 Å². The summed E-state index contributed by atoms with van der Waals surface area (Å²) in [4.78, 5) is 0. The normalized spacial score (nSPS) is 15.4. The van der Waals surface area contributed by atoms with Crippen molar-refractivity contribution in [2.45, 2.75) is 45.6 Å². The molecule has 0 aromatic rings. The van der Waals surface area contributed by atoms with Gasteiger partial charge in [0.1, 0.15) is 0 Å². The van der Waals surface area contributed by atoms with E-state index in [0.29, 0.717) is 0 Å². The van der Waals surface area contributed by atoms with Gasteiger partial charge in [0.15, 0.2) is 0 Å². The molecule has 0 spiro atoms. The molecule has 0 aliphatic carbocycles. The molecule has 0 fully saturated rings. The first-order valence-electron chi connectivity index (χ1n) is 5.62. The van der Waals surface area contributed by atoms with E-state index in [1.165, 1.54) is 6.42 Å².